The molecule has 162 valence electrons. The Balaban J connectivity index is 0.000000318. The molecule has 0 unspecified atom stereocenters. The summed E-state index contributed by atoms with van der Waals surface area (Å²) in [4.78, 5) is 31.6. The van der Waals surface area contributed by atoms with Crippen LogP contribution in [0.4, 0.5) is 19.1 Å². The van der Waals surface area contributed by atoms with Crippen molar-refractivity contribution in [2.75, 3.05) is 24.5 Å². The number of amides is 1. The van der Waals surface area contributed by atoms with Crippen LogP contribution < -0.4 is 10.2 Å². The molecule has 30 heavy (non-hydrogen) atoms. The fraction of sp³-hybridized carbons (Fsp3) is 0.444. The van der Waals surface area contributed by atoms with Gasteiger partial charge in [0.1, 0.15) is 0 Å². The van der Waals surface area contributed by atoms with Gasteiger partial charge in [-0.15, -0.1) is 0 Å². The number of anilines is 1. The van der Waals surface area contributed by atoms with Gasteiger partial charge in [-0.3, -0.25) is 4.79 Å². The Bertz CT molecular complexity index is 837. The average Bonchev–Trinajstić information content (AvgIpc) is 3.43. The first kappa shape index (κ1) is 22.0. The summed E-state index contributed by atoms with van der Waals surface area (Å²) >= 11 is 1.53. The summed E-state index contributed by atoms with van der Waals surface area (Å²) in [5, 5.41) is 13.9. The lowest BCUT2D eigenvalue weighted by Gasteiger charge is -2.19. The van der Waals surface area contributed by atoms with Crippen LogP contribution in [-0.2, 0) is 9.53 Å². The molecule has 8 nitrogen and oxygen atoms in total. The number of aliphatic carboxylic acids is 1. The Morgan fingerprint density at radius 1 is 1.30 bits per heavy atom. The first-order chi connectivity index (χ1) is 14.2. The molecule has 3 atom stereocenters. The van der Waals surface area contributed by atoms with Crippen molar-refractivity contribution in [3.63, 3.8) is 0 Å². The molecule has 2 aliphatic heterocycles. The van der Waals surface area contributed by atoms with Gasteiger partial charge in [-0.25, -0.2) is 14.8 Å². The number of thiophene rings is 1. The lowest BCUT2D eigenvalue weighted by atomic mass is 10.0. The van der Waals surface area contributed by atoms with E-state index in [0.29, 0.717) is 12.5 Å². The molecule has 1 amide bonds. The van der Waals surface area contributed by atoms with E-state index in [1.807, 2.05) is 22.9 Å². The van der Waals surface area contributed by atoms with E-state index in [9.17, 15) is 18.0 Å². The van der Waals surface area contributed by atoms with Gasteiger partial charge in [0.05, 0.1) is 12.2 Å². The number of hydrogen-bond donors (Lipinski definition) is 2. The number of carboxylic acids is 1. The number of aromatic nitrogens is 2. The Kier molecular flexibility index (Phi) is 6.87. The predicted octanol–water partition coefficient (Wildman–Crippen LogP) is 2.20. The van der Waals surface area contributed by atoms with Crippen molar-refractivity contribution in [2.24, 2.45) is 5.92 Å². The number of ether oxygens (including phenoxy) is 1. The Hall–Kier alpha value is -2.73. The fourth-order valence-corrected chi connectivity index (χ4v) is 3.95. The number of fused-ring (bicyclic) bond motifs is 1. The number of carboxylic acid groups (broad SMARTS) is 1. The highest BCUT2D eigenvalue weighted by molar-refractivity contribution is 7.08. The number of alkyl halides is 3. The standard InChI is InChI=1S/C16H18N4O2S.C2HF3O2/c21-15(11-2-5-23-10-11)19-7-13-6-12-8-20(9-14(12)22-13)16-17-3-1-4-18-16;3-2(4,5)1(6)7/h1-5,10,12-14H,6-9H2,(H,19,21);(H,6,7)/t12-,13-,14+;/m1./s1. The molecule has 12 heteroatoms. The molecule has 0 saturated carbocycles. The molecule has 2 saturated heterocycles. The van der Waals surface area contributed by atoms with E-state index in [4.69, 9.17) is 14.6 Å². The quantitative estimate of drug-likeness (QED) is 0.745. The Labute approximate surface area is 173 Å². The summed E-state index contributed by atoms with van der Waals surface area (Å²) in [7, 11) is 0. The summed E-state index contributed by atoms with van der Waals surface area (Å²) in [5.74, 6) is -1.52. The molecule has 4 heterocycles. The van der Waals surface area contributed by atoms with Crippen molar-refractivity contribution >= 4 is 29.2 Å². The van der Waals surface area contributed by atoms with Gasteiger partial charge in [-0.2, -0.15) is 24.5 Å². The third-order valence-electron chi connectivity index (χ3n) is 4.67. The predicted molar refractivity (Wildman–Crippen MR) is 101 cm³/mol. The van der Waals surface area contributed by atoms with Gasteiger partial charge < -0.3 is 20.1 Å². The molecule has 0 radical (unpaired) electrons. The van der Waals surface area contributed by atoms with Crippen LogP contribution in [0.25, 0.3) is 0 Å². The third-order valence-corrected chi connectivity index (χ3v) is 5.35. The summed E-state index contributed by atoms with van der Waals surface area (Å²) in [6, 6.07) is 3.66. The van der Waals surface area contributed by atoms with Gasteiger partial charge in [0.15, 0.2) is 0 Å². The van der Waals surface area contributed by atoms with Gasteiger partial charge in [0.2, 0.25) is 5.95 Å². The van der Waals surface area contributed by atoms with Crippen LogP contribution in [0, 0.1) is 5.92 Å². The van der Waals surface area contributed by atoms with E-state index < -0.39 is 12.1 Å². The SMILES string of the molecule is O=C(NC[C@H]1C[C@@H]2CN(c3ncccn3)C[C@@H]2O1)c1ccsc1.O=C(O)C(F)(F)F. The number of nitrogens with zero attached hydrogens (tertiary/aromatic N) is 3. The monoisotopic (exact) mass is 444 g/mol. The highest BCUT2D eigenvalue weighted by Gasteiger charge is 2.42. The number of rotatable bonds is 4. The van der Waals surface area contributed by atoms with Gasteiger partial charge >= 0.3 is 12.1 Å². The van der Waals surface area contributed by atoms with Gasteiger partial charge in [0, 0.05) is 48.9 Å². The molecule has 0 aliphatic carbocycles. The second kappa shape index (κ2) is 9.39. The van der Waals surface area contributed by atoms with E-state index in [1.165, 1.54) is 11.3 Å². The van der Waals surface area contributed by atoms with Gasteiger partial charge in [-0.1, -0.05) is 0 Å². The Morgan fingerprint density at radius 2 is 2.00 bits per heavy atom. The second-order valence-electron chi connectivity index (χ2n) is 6.77. The third kappa shape index (κ3) is 5.66. The van der Waals surface area contributed by atoms with Crippen LogP contribution in [0.5, 0.6) is 0 Å². The Morgan fingerprint density at radius 3 is 2.57 bits per heavy atom. The summed E-state index contributed by atoms with van der Waals surface area (Å²) < 4.78 is 37.8. The average molecular weight is 444 g/mol. The van der Waals surface area contributed by atoms with E-state index >= 15 is 0 Å². The first-order valence-electron chi connectivity index (χ1n) is 9.02. The lowest BCUT2D eigenvalue weighted by molar-refractivity contribution is -0.192. The zero-order valence-electron chi connectivity index (χ0n) is 15.6. The summed E-state index contributed by atoms with van der Waals surface area (Å²) in [5.41, 5.74) is 0.723. The maximum Gasteiger partial charge on any atom is 0.490 e. The zero-order chi connectivity index (χ0) is 21.7. The minimum Gasteiger partial charge on any atom is -0.475 e. The second-order valence-corrected chi connectivity index (χ2v) is 7.55. The van der Waals surface area contributed by atoms with Crippen LogP contribution in [0.3, 0.4) is 0 Å². The molecule has 0 spiro atoms. The minimum absolute atomic E-state index is 0.0220. The van der Waals surface area contributed by atoms with E-state index in [1.54, 1.807) is 12.4 Å². The molecule has 0 bridgehead atoms. The van der Waals surface area contributed by atoms with Gasteiger partial charge in [0.25, 0.3) is 5.91 Å². The maximum absolute atomic E-state index is 12.0. The van der Waals surface area contributed by atoms with Crippen molar-refractivity contribution in [2.45, 2.75) is 24.8 Å². The number of carbonyl (C=O) groups is 2. The van der Waals surface area contributed by atoms with E-state index in [0.717, 1.165) is 31.0 Å². The molecule has 2 aromatic rings. The highest BCUT2D eigenvalue weighted by atomic mass is 32.1. The van der Waals surface area contributed by atoms with Crippen molar-refractivity contribution < 1.29 is 32.6 Å². The summed E-state index contributed by atoms with van der Waals surface area (Å²) in [6.07, 6.45) is -0.272. The number of carbonyl (C=O) groups excluding carboxylic acids is 1. The van der Waals surface area contributed by atoms with Crippen molar-refractivity contribution in [3.8, 4) is 0 Å². The molecule has 4 rings (SSSR count). The van der Waals surface area contributed by atoms with Crippen molar-refractivity contribution in [3.05, 3.63) is 40.8 Å². The first-order valence-corrected chi connectivity index (χ1v) is 9.96. The zero-order valence-corrected chi connectivity index (χ0v) is 16.4. The smallest absolute Gasteiger partial charge is 0.475 e. The van der Waals surface area contributed by atoms with Crippen LogP contribution in [0.2, 0.25) is 0 Å². The van der Waals surface area contributed by atoms with Crippen molar-refractivity contribution in [1.29, 1.82) is 0 Å². The number of hydrogen-bond acceptors (Lipinski definition) is 7. The van der Waals surface area contributed by atoms with Crippen molar-refractivity contribution in [1.82, 2.24) is 15.3 Å². The van der Waals surface area contributed by atoms with Gasteiger partial charge in [-0.05, 0) is 23.9 Å². The molecular formula is C18H19F3N4O4S. The molecule has 2 N–H and O–H groups in total. The number of nitrogens with one attached hydrogen (secondary N) is 1. The van der Waals surface area contributed by atoms with Crippen LogP contribution in [0.1, 0.15) is 16.8 Å². The largest absolute Gasteiger partial charge is 0.490 e. The van der Waals surface area contributed by atoms with E-state index in [2.05, 4.69) is 20.2 Å². The van der Waals surface area contributed by atoms with E-state index in [-0.39, 0.29) is 18.1 Å². The molecule has 0 aromatic carbocycles. The van der Waals surface area contributed by atoms with Crippen LogP contribution >= 0.6 is 11.3 Å². The minimum atomic E-state index is -5.08. The number of halogens is 3. The fourth-order valence-electron chi connectivity index (χ4n) is 3.31. The molecular weight excluding hydrogens is 425 g/mol. The highest BCUT2D eigenvalue weighted by Crippen LogP contribution is 2.34. The molecule has 2 aromatic heterocycles. The maximum atomic E-state index is 12.0. The molecule has 2 fully saturated rings. The van der Waals surface area contributed by atoms with Crippen LogP contribution in [-0.4, -0.2) is 65.0 Å². The normalized spacial score (nSPS) is 22.8. The lowest BCUT2D eigenvalue weighted by Crippen LogP contribution is -2.34. The topological polar surface area (TPSA) is 105 Å². The molecule has 2 aliphatic rings. The summed E-state index contributed by atoms with van der Waals surface area (Å²) in [6.45, 7) is 2.32. The van der Waals surface area contributed by atoms with Crippen LogP contribution in [0.15, 0.2) is 35.3 Å².